The van der Waals surface area contributed by atoms with Crippen LogP contribution in [0.1, 0.15) is 26.3 Å². The third-order valence-electron chi connectivity index (χ3n) is 3.12. The molecule has 108 valence electrons. The summed E-state index contributed by atoms with van der Waals surface area (Å²) in [6.45, 7) is 8.02. The number of nitrogens with one attached hydrogen (secondary N) is 1. The minimum absolute atomic E-state index is 0.213. The van der Waals surface area contributed by atoms with Gasteiger partial charge in [-0.15, -0.1) is 0 Å². The van der Waals surface area contributed by atoms with Crippen molar-refractivity contribution in [1.29, 1.82) is 0 Å². The lowest BCUT2D eigenvalue weighted by atomic mass is 10.0. The van der Waals surface area contributed by atoms with Crippen molar-refractivity contribution in [2.75, 3.05) is 20.3 Å². The van der Waals surface area contributed by atoms with Gasteiger partial charge in [0.1, 0.15) is 0 Å². The molecule has 0 saturated heterocycles. The second-order valence-electron chi connectivity index (χ2n) is 4.82. The first-order valence-electron chi connectivity index (χ1n) is 6.72. The van der Waals surface area contributed by atoms with E-state index in [0.717, 1.165) is 0 Å². The fourth-order valence-corrected chi connectivity index (χ4v) is 1.82. The zero-order valence-electron chi connectivity index (χ0n) is 12.2. The summed E-state index contributed by atoms with van der Waals surface area (Å²) < 4.78 is 24.4. The molecule has 0 amide bonds. The quantitative estimate of drug-likeness (QED) is 0.787. The van der Waals surface area contributed by atoms with Crippen LogP contribution in [-0.4, -0.2) is 26.4 Å². The summed E-state index contributed by atoms with van der Waals surface area (Å²) in [6.07, 6.45) is 0. The Kier molecular flexibility index (Phi) is 6.81. The van der Waals surface area contributed by atoms with Crippen molar-refractivity contribution < 1.29 is 13.9 Å². The third kappa shape index (κ3) is 4.80. The number of ether oxygens (including phenoxy) is 2. The molecule has 0 aliphatic heterocycles. The molecule has 0 aliphatic rings. The lowest BCUT2D eigenvalue weighted by molar-refractivity contribution is 0.107. The lowest BCUT2D eigenvalue weighted by Crippen LogP contribution is -2.37. The van der Waals surface area contributed by atoms with Crippen molar-refractivity contribution in [3.05, 3.63) is 29.6 Å². The first kappa shape index (κ1) is 15.9. The van der Waals surface area contributed by atoms with E-state index in [1.807, 2.05) is 6.92 Å². The summed E-state index contributed by atoms with van der Waals surface area (Å²) in [5.41, 5.74) is 0.612. The molecule has 1 unspecified atom stereocenters. The average molecular weight is 269 g/mol. The molecule has 0 aromatic heterocycles. The highest BCUT2D eigenvalue weighted by atomic mass is 19.1. The summed E-state index contributed by atoms with van der Waals surface area (Å²) in [5.74, 6) is 0.418. The van der Waals surface area contributed by atoms with E-state index in [0.29, 0.717) is 31.2 Å². The Morgan fingerprint density at radius 3 is 2.63 bits per heavy atom. The molecular weight excluding hydrogens is 245 g/mol. The van der Waals surface area contributed by atoms with Crippen molar-refractivity contribution in [3.8, 4) is 5.75 Å². The Morgan fingerprint density at radius 1 is 1.32 bits per heavy atom. The number of halogens is 1. The van der Waals surface area contributed by atoms with Gasteiger partial charge in [-0.05, 0) is 18.9 Å². The maximum Gasteiger partial charge on any atom is 0.169 e. The van der Waals surface area contributed by atoms with Gasteiger partial charge in [0.05, 0.1) is 13.7 Å². The van der Waals surface area contributed by atoms with Crippen LogP contribution in [0.3, 0.4) is 0 Å². The zero-order valence-corrected chi connectivity index (χ0v) is 12.2. The second-order valence-corrected chi connectivity index (χ2v) is 4.82. The Balaban J connectivity index is 2.63. The van der Waals surface area contributed by atoms with E-state index in [9.17, 15) is 4.39 Å². The van der Waals surface area contributed by atoms with Gasteiger partial charge in [-0.2, -0.15) is 0 Å². The summed E-state index contributed by atoms with van der Waals surface area (Å²) in [4.78, 5) is 0. The number of hydrogen-bond donors (Lipinski definition) is 1. The Morgan fingerprint density at radius 2 is 2.05 bits per heavy atom. The molecule has 0 fully saturated rings. The maximum absolute atomic E-state index is 14.0. The van der Waals surface area contributed by atoms with E-state index >= 15 is 0 Å². The molecule has 0 bridgehead atoms. The van der Waals surface area contributed by atoms with E-state index in [-0.39, 0.29) is 17.6 Å². The SMILES string of the molecule is CCOCC(NCc1cccc(OC)c1F)C(C)C. The van der Waals surface area contributed by atoms with E-state index in [2.05, 4.69) is 19.2 Å². The highest BCUT2D eigenvalue weighted by Gasteiger charge is 2.14. The molecule has 0 aliphatic carbocycles. The van der Waals surface area contributed by atoms with Crippen LogP contribution in [0.2, 0.25) is 0 Å². The highest BCUT2D eigenvalue weighted by Crippen LogP contribution is 2.20. The fourth-order valence-electron chi connectivity index (χ4n) is 1.82. The number of methoxy groups -OCH3 is 1. The molecule has 1 atom stereocenters. The van der Waals surface area contributed by atoms with Gasteiger partial charge < -0.3 is 14.8 Å². The summed E-state index contributed by atoms with van der Waals surface area (Å²) in [6, 6.07) is 5.40. The Bertz CT molecular complexity index is 382. The zero-order chi connectivity index (χ0) is 14.3. The van der Waals surface area contributed by atoms with Crippen LogP contribution in [-0.2, 0) is 11.3 Å². The molecule has 1 rings (SSSR count). The molecule has 1 aromatic carbocycles. The largest absolute Gasteiger partial charge is 0.494 e. The minimum Gasteiger partial charge on any atom is -0.494 e. The van der Waals surface area contributed by atoms with Crippen molar-refractivity contribution in [2.45, 2.75) is 33.4 Å². The molecule has 4 heteroatoms. The van der Waals surface area contributed by atoms with Crippen molar-refractivity contribution in [3.63, 3.8) is 0 Å². The van der Waals surface area contributed by atoms with Gasteiger partial charge in [0.2, 0.25) is 0 Å². The van der Waals surface area contributed by atoms with Crippen LogP contribution >= 0.6 is 0 Å². The van der Waals surface area contributed by atoms with Gasteiger partial charge in [0.25, 0.3) is 0 Å². The predicted octanol–water partition coefficient (Wildman–Crippen LogP) is 2.99. The van der Waals surface area contributed by atoms with Gasteiger partial charge >= 0.3 is 0 Å². The third-order valence-corrected chi connectivity index (χ3v) is 3.12. The van der Waals surface area contributed by atoms with Crippen LogP contribution < -0.4 is 10.1 Å². The van der Waals surface area contributed by atoms with Gasteiger partial charge in [0.15, 0.2) is 11.6 Å². The first-order chi connectivity index (χ1) is 9.10. The molecule has 0 heterocycles. The van der Waals surface area contributed by atoms with Crippen LogP contribution in [0.25, 0.3) is 0 Å². The van der Waals surface area contributed by atoms with Crippen molar-refractivity contribution >= 4 is 0 Å². The molecule has 19 heavy (non-hydrogen) atoms. The highest BCUT2D eigenvalue weighted by molar-refractivity contribution is 5.30. The van der Waals surface area contributed by atoms with Crippen molar-refractivity contribution in [2.24, 2.45) is 5.92 Å². The number of benzene rings is 1. The first-order valence-corrected chi connectivity index (χ1v) is 6.72. The molecule has 0 radical (unpaired) electrons. The topological polar surface area (TPSA) is 30.5 Å². The smallest absolute Gasteiger partial charge is 0.169 e. The standard InChI is InChI=1S/C15H24FNO2/c1-5-19-10-13(11(2)3)17-9-12-7-6-8-14(18-4)15(12)16/h6-8,11,13,17H,5,9-10H2,1-4H3. The minimum atomic E-state index is -0.295. The van der Waals surface area contributed by atoms with Crippen LogP contribution in [0, 0.1) is 11.7 Å². The molecule has 3 nitrogen and oxygen atoms in total. The summed E-state index contributed by atoms with van der Waals surface area (Å²) >= 11 is 0. The fraction of sp³-hybridized carbons (Fsp3) is 0.600. The monoisotopic (exact) mass is 269 g/mol. The number of rotatable bonds is 8. The second kappa shape index (κ2) is 8.12. The lowest BCUT2D eigenvalue weighted by Gasteiger charge is -2.22. The van der Waals surface area contributed by atoms with Crippen molar-refractivity contribution in [1.82, 2.24) is 5.32 Å². The van der Waals surface area contributed by atoms with Crippen LogP contribution in [0.4, 0.5) is 4.39 Å². The summed E-state index contributed by atoms with van der Waals surface area (Å²) in [7, 11) is 1.47. The normalized spacial score (nSPS) is 12.7. The van der Waals surface area contributed by atoms with E-state index in [1.54, 1.807) is 18.2 Å². The molecule has 1 N–H and O–H groups in total. The van der Waals surface area contributed by atoms with Crippen LogP contribution in [0.5, 0.6) is 5.75 Å². The average Bonchev–Trinajstić information content (AvgIpc) is 2.40. The van der Waals surface area contributed by atoms with Gasteiger partial charge in [-0.1, -0.05) is 26.0 Å². The molecular formula is C15H24FNO2. The van der Waals surface area contributed by atoms with Gasteiger partial charge in [0, 0.05) is 24.8 Å². The Hall–Kier alpha value is -1.13. The van der Waals surface area contributed by atoms with E-state index < -0.39 is 0 Å². The van der Waals surface area contributed by atoms with E-state index in [4.69, 9.17) is 9.47 Å². The number of hydrogen-bond acceptors (Lipinski definition) is 3. The van der Waals surface area contributed by atoms with Crippen LogP contribution in [0.15, 0.2) is 18.2 Å². The van der Waals surface area contributed by atoms with Gasteiger partial charge in [-0.3, -0.25) is 0 Å². The summed E-state index contributed by atoms with van der Waals surface area (Å²) in [5, 5.41) is 3.34. The maximum atomic E-state index is 14.0. The molecule has 0 saturated carbocycles. The Labute approximate surface area is 115 Å². The molecule has 0 spiro atoms. The molecule has 1 aromatic rings. The predicted molar refractivity (Wildman–Crippen MR) is 74.9 cm³/mol. The van der Waals surface area contributed by atoms with Gasteiger partial charge in [-0.25, -0.2) is 4.39 Å². The van der Waals surface area contributed by atoms with E-state index in [1.165, 1.54) is 7.11 Å².